The van der Waals surface area contributed by atoms with Crippen LogP contribution in [-0.4, -0.2) is 18.2 Å². The zero-order valence-corrected chi connectivity index (χ0v) is 14.1. The minimum absolute atomic E-state index is 0.113. The predicted molar refractivity (Wildman–Crippen MR) is 102 cm³/mol. The van der Waals surface area contributed by atoms with Gasteiger partial charge in [-0.2, -0.15) is 0 Å². The highest BCUT2D eigenvalue weighted by atomic mass is 32.1. The van der Waals surface area contributed by atoms with E-state index in [-0.39, 0.29) is 6.04 Å². The SMILES string of the molecule is S=C1NC2=C(CNC/C2=C\c2ccccc2)C(c2ccccc2)N1. The molecule has 1 unspecified atom stereocenters. The van der Waals surface area contributed by atoms with E-state index >= 15 is 0 Å². The molecule has 0 fully saturated rings. The number of hydrogen-bond acceptors (Lipinski definition) is 2. The van der Waals surface area contributed by atoms with Crippen molar-refractivity contribution >= 4 is 23.4 Å². The molecule has 2 aromatic carbocycles. The molecule has 0 aliphatic carbocycles. The van der Waals surface area contributed by atoms with Crippen LogP contribution in [0.1, 0.15) is 17.2 Å². The lowest BCUT2D eigenvalue weighted by atomic mass is 9.90. The second-order valence-electron chi connectivity index (χ2n) is 6.03. The molecule has 2 aliphatic heterocycles. The fourth-order valence-corrected chi connectivity index (χ4v) is 3.51. The number of nitrogens with one attached hydrogen (secondary N) is 3. The minimum atomic E-state index is 0.113. The van der Waals surface area contributed by atoms with E-state index in [0.29, 0.717) is 5.11 Å². The maximum Gasteiger partial charge on any atom is 0.171 e. The molecule has 0 amide bonds. The third-order valence-electron chi connectivity index (χ3n) is 4.41. The van der Waals surface area contributed by atoms with Crippen molar-refractivity contribution in [2.45, 2.75) is 6.04 Å². The summed E-state index contributed by atoms with van der Waals surface area (Å²) < 4.78 is 0. The van der Waals surface area contributed by atoms with E-state index in [2.05, 4.69) is 70.6 Å². The molecule has 2 heterocycles. The summed E-state index contributed by atoms with van der Waals surface area (Å²) >= 11 is 5.46. The summed E-state index contributed by atoms with van der Waals surface area (Å²) in [4.78, 5) is 0. The Kier molecular flexibility index (Phi) is 4.15. The average molecular weight is 333 g/mol. The molecule has 0 saturated carbocycles. The summed E-state index contributed by atoms with van der Waals surface area (Å²) in [6.07, 6.45) is 2.23. The Hall–Kier alpha value is -2.43. The standard InChI is InChI=1S/C20H19N3S/c24-20-22-18(15-9-5-2-6-10-15)17-13-21-12-16(19(17)23-20)11-14-7-3-1-4-8-14/h1-11,18,21H,12-13H2,(H2,22,23,24)/b16-11+. The molecular weight excluding hydrogens is 314 g/mol. The van der Waals surface area contributed by atoms with E-state index < -0.39 is 0 Å². The quantitative estimate of drug-likeness (QED) is 0.738. The van der Waals surface area contributed by atoms with E-state index in [1.807, 2.05) is 12.1 Å². The minimum Gasteiger partial charge on any atom is -0.352 e. The first kappa shape index (κ1) is 15.1. The molecule has 0 radical (unpaired) electrons. The third-order valence-corrected chi connectivity index (χ3v) is 4.63. The molecule has 2 aliphatic rings. The number of thiocarbonyl (C=S) groups is 1. The summed E-state index contributed by atoms with van der Waals surface area (Å²) in [5.74, 6) is 0. The van der Waals surface area contributed by atoms with Crippen molar-refractivity contribution in [3.63, 3.8) is 0 Å². The predicted octanol–water partition coefficient (Wildman–Crippen LogP) is 3.15. The van der Waals surface area contributed by atoms with Gasteiger partial charge in [-0.15, -0.1) is 0 Å². The Morgan fingerprint density at radius 3 is 2.38 bits per heavy atom. The molecule has 4 rings (SSSR count). The summed E-state index contributed by atoms with van der Waals surface area (Å²) in [5, 5.41) is 11.0. The van der Waals surface area contributed by atoms with Gasteiger partial charge in [0.1, 0.15) is 0 Å². The lowest BCUT2D eigenvalue weighted by Crippen LogP contribution is -2.49. The largest absolute Gasteiger partial charge is 0.352 e. The number of hydrogen-bond donors (Lipinski definition) is 3. The summed E-state index contributed by atoms with van der Waals surface area (Å²) in [6, 6.07) is 21.0. The van der Waals surface area contributed by atoms with Gasteiger partial charge >= 0.3 is 0 Å². The highest BCUT2D eigenvalue weighted by Gasteiger charge is 2.30. The second-order valence-corrected chi connectivity index (χ2v) is 6.43. The van der Waals surface area contributed by atoms with Gasteiger partial charge in [-0.1, -0.05) is 60.7 Å². The molecule has 1 atom stereocenters. The molecule has 4 heteroatoms. The van der Waals surface area contributed by atoms with E-state index in [4.69, 9.17) is 12.2 Å². The molecule has 2 aromatic rings. The molecule has 3 nitrogen and oxygen atoms in total. The molecule has 120 valence electrons. The van der Waals surface area contributed by atoms with E-state index in [1.54, 1.807) is 0 Å². The topological polar surface area (TPSA) is 36.1 Å². The summed E-state index contributed by atoms with van der Waals surface area (Å²) in [7, 11) is 0. The van der Waals surface area contributed by atoms with Crippen LogP contribution in [0.3, 0.4) is 0 Å². The van der Waals surface area contributed by atoms with E-state index in [1.165, 1.54) is 22.3 Å². The first-order valence-electron chi connectivity index (χ1n) is 8.13. The van der Waals surface area contributed by atoms with Crippen molar-refractivity contribution in [3.8, 4) is 0 Å². The molecule has 0 aromatic heterocycles. The smallest absolute Gasteiger partial charge is 0.171 e. The van der Waals surface area contributed by atoms with Crippen LogP contribution in [0.2, 0.25) is 0 Å². The van der Waals surface area contributed by atoms with Gasteiger partial charge in [0.15, 0.2) is 5.11 Å². The third kappa shape index (κ3) is 2.98. The fraction of sp³-hybridized carbons (Fsp3) is 0.150. The Bertz CT molecular complexity index is 809. The van der Waals surface area contributed by atoms with Crippen LogP contribution in [-0.2, 0) is 0 Å². The van der Waals surface area contributed by atoms with Crippen molar-refractivity contribution in [1.29, 1.82) is 0 Å². The van der Waals surface area contributed by atoms with Gasteiger partial charge in [0, 0.05) is 18.8 Å². The van der Waals surface area contributed by atoms with Crippen molar-refractivity contribution in [3.05, 3.63) is 88.6 Å². The first-order chi connectivity index (χ1) is 11.8. The van der Waals surface area contributed by atoms with Crippen LogP contribution in [0, 0.1) is 0 Å². The summed E-state index contributed by atoms with van der Waals surface area (Å²) in [5.41, 5.74) is 6.15. The molecule has 0 spiro atoms. The normalized spacial score (nSPS) is 21.9. The monoisotopic (exact) mass is 333 g/mol. The fourth-order valence-electron chi connectivity index (χ4n) is 3.29. The van der Waals surface area contributed by atoms with Gasteiger partial charge in [0.05, 0.1) is 6.04 Å². The number of benzene rings is 2. The highest BCUT2D eigenvalue weighted by Crippen LogP contribution is 2.31. The Balaban J connectivity index is 1.77. The van der Waals surface area contributed by atoms with Crippen molar-refractivity contribution in [2.75, 3.05) is 13.1 Å². The maximum absolute atomic E-state index is 5.46. The molecule has 3 N–H and O–H groups in total. The van der Waals surface area contributed by atoms with Crippen molar-refractivity contribution in [1.82, 2.24) is 16.0 Å². The van der Waals surface area contributed by atoms with Gasteiger partial charge in [0.25, 0.3) is 0 Å². The first-order valence-corrected chi connectivity index (χ1v) is 8.54. The molecule has 0 bridgehead atoms. The van der Waals surface area contributed by atoms with E-state index in [0.717, 1.165) is 18.8 Å². The Labute approximate surface area is 147 Å². The van der Waals surface area contributed by atoms with Gasteiger partial charge in [-0.05, 0) is 40.6 Å². The van der Waals surface area contributed by atoms with Crippen LogP contribution < -0.4 is 16.0 Å². The zero-order chi connectivity index (χ0) is 16.4. The molecular formula is C20H19N3S. The molecule has 24 heavy (non-hydrogen) atoms. The summed E-state index contributed by atoms with van der Waals surface area (Å²) in [6.45, 7) is 1.69. The van der Waals surface area contributed by atoms with Crippen molar-refractivity contribution in [2.24, 2.45) is 0 Å². The second kappa shape index (κ2) is 6.59. The van der Waals surface area contributed by atoms with Crippen LogP contribution in [0.4, 0.5) is 0 Å². The van der Waals surface area contributed by atoms with Crippen molar-refractivity contribution < 1.29 is 0 Å². The zero-order valence-electron chi connectivity index (χ0n) is 13.3. The average Bonchev–Trinajstić information content (AvgIpc) is 2.63. The lowest BCUT2D eigenvalue weighted by molar-refractivity contribution is 0.614. The Morgan fingerprint density at radius 2 is 1.62 bits per heavy atom. The van der Waals surface area contributed by atoms with Gasteiger partial charge in [-0.3, -0.25) is 0 Å². The Morgan fingerprint density at radius 1 is 0.917 bits per heavy atom. The van der Waals surface area contributed by atoms with E-state index in [9.17, 15) is 0 Å². The van der Waals surface area contributed by atoms with Crippen LogP contribution in [0.15, 0.2) is 77.5 Å². The maximum atomic E-state index is 5.46. The van der Waals surface area contributed by atoms with Gasteiger partial charge in [0.2, 0.25) is 0 Å². The van der Waals surface area contributed by atoms with Gasteiger partial charge in [-0.25, -0.2) is 0 Å². The number of rotatable bonds is 2. The highest BCUT2D eigenvalue weighted by molar-refractivity contribution is 7.80. The molecule has 0 saturated heterocycles. The lowest BCUT2D eigenvalue weighted by Gasteiger charge is -2.36. The van der Waals surface area contributed by atoms with Crippen LogP contribution in [0.25, 0.3) is 6.08 Å². The van der Waals surface area contributed by atoms with Gasteiger partial charge < -0.3 is 16.0 Å². The van der Waals surface area contributed by atoms with Crippen LogP contribution in [0.5, 0.6) is 0 Å². The van der Waals surface area contributed by atoms with Crippen LogP contribution >= 0.6 is 12.2 Å².